The number of aromatic amines is 1. The van der Waals surface area contributed by atoms with Crippen LogP contribution in [0.5, 0.6) is 0 Å². The summed E-state index contributed by atoms with van der Waals surface area (Å²) < 4.78 is 53.5. The summed E-state index contributed by atoms with van der Waals surface area (Å²) in [6.45, 7) is 0. The molecule has 2 atom stereocenters. The monoisotopic (exact) mass is 378 g/mol. The second-order valence-corrected chi connectivity index (χ2v) is 6.34. The summed E-state index contributed by atoms with van der Waals surface area (Å²) in [5.74, 6) is -3.84. The minimum atomic E-state index is -1.02. The van der Waals surface area contributed by atoms with Gasteiger partial charge in [0.1, 0.15) is 17.7 Å². The van der Waals surface area contributed by atoms with E-state index in [1.807, 2.05) is 0 Å². The Hall–Kier alpha value is -2.91. The summed E-state index contributed by atoms with van der Waals surface area (Å²) in [6.07, 6.45) is 1.68. The third kappa shape index (κ3) is 3.38. The molecule has 0 bridgehead atoms. The molecule has 1 saturated heterocycles. The van der Waals surface area contributed by atoms with E-state index in [1.54, 1.807) is 0 Å². The number of anilines is 1. The van der Waals surface area contributed by atoms with Crippen LogP contribution in [0.3, 0.4) is 0 Å². The SMILES string of the molecule is O=C(Nc1c[nH]c2cc(F)c(F)cc12)C1CC(c2cc(F)cc(F)c2)NN1. The lowest BCUT2D eigenvalue weighted by atomic mass is 10.0. The molecule has 140 valence electrons. The van der Waals surface area contributed by atoms with Crippen molar-refractivity contribution in [2.24, 2.45) is 0 Å². The molecule has 4 rings (SSSR count). The lowest BCUT2D eigenvalue weighted by Gasteiger charge is -2.10. The topological polar surface area (TPSA) is 69.0 Å². The Morgan fingerprint density at radius 1 is 0.963 bits per heavy atom. The molecule has 1 aliphatic rings. The molecule has 2 aromatic carbocycles. The second-order valence-electron chi connectivity index (χ2n) is 6.34. The van der Waals surface area contributed by atoms with Crippen LogP contribution < -0.4 is 16.2 Å². The van der Waals surface area contributed by atoms with Crippen LogP contribution in [0.15, 0.2) is 36.5 Å². The number of hydrogen-bond acceptors (Lipinski definition) is 3. The minimum absolute atomic E-state index is 0.250. The van der Waals surface area contributed by atoms with Crippen molar-refractivity contribution >= 4 is 22.5 Å². The van der Waals surface area contributed by atoms with Gasteiger partial charge in [0, 0.05) is 29.8 Å². The quantitative estimate of drug-likeness (QED) is 0.529. The Morgan fingerprint density at radius 3 is 2.41 bits per heavy atom. The molecule has 1 aromatic heterocycles. The average Bonchev–Trinajstić information content (AvgIpc) is 3.23. The van der Waals surface area contributed by atoms with E-state index in [9.17, 15) is 22.4 Å². The average molecular weight is 378 g/mol. The van der Waals surface area contributed by atoms with Gasteiger partial charge in [0.05, 0.1) is 11.2 Å². The fraction of sp³-hybridized carbons (Fsp3) is 0.167. The van der Waals surface area contributed by atoms with E-state index < -0.39 is 41.3 Å². The Balaban J connectivity index is 1.49. The number of H-pyrrole nitrogens is 1. The summed E-state index contributed by atoms with van der Waals surface area (Å²) in [5.41, 5.74) is 6.62. The maximum Gasteiger partial charge on any atom is 0.242 e. The number of hydrazine groups is 1. The first kappa shape index (κ1) is 17.5. The van der Waals surface area contributed by atoms with Crippen molar-refractivity contribution in [1.82, 2.24) is 15.8 Å². The van der Waals surface area contributed by atoms with Crippen LogP contribution in [0.4, 0.5) is 23.2 Å². The smallest absolute Gasteiger partial charge is 0.242 e. The number of fused-ring (bicyclic) bond motifs is 1. The normalized spacial score (nSPS) is 19.6. The second kappa shape index (κ2) is 6.67. The van der Waals surface area contributed by atoms with Gasteiger partial charge in [-0.3, -0.25) is 4.79 Å². The van der Waals surface area contributed by atoms with Crippen molar-refractivity contribution in [2.75, 3.05) is 5.32 Å². The summed E-state index contributed by atoms with van der Waals surface area (Å²) in [6, 6.07) is 4.02. The van der Waals surface area contributed by atoms with Gasteiger partial charge < -0.3 is 10.3 Å². The standard InChI is InChI=1S/C18H14F4N4O/c19-9-1-8(2-10(20)3-9)14-6-16(26-25-14)18(27)24-17-7-23-15-5-13(22)12(21)4-11(15)17/h1-5,7,14,16,23,25-26H,6H2,(H,24,27). The molecule has 9 heteroatoms. The molecule has 0 saturated carbocycles. The van der Waals surface area contributed by atoms with Crippen molar-refractivity contribution < 1.29 is 22.4 Å². The molecule has 3 aromatic rings. The number of carbonyl (C=O) groups is 1. The van der Waals surface area contributed by atoms with Crippen LogP contribution in [0.25, 0.3) is 10.9 Å². The van der Waals surface area contributed by atoms with Gasteiger partial charge in [-0.2, -0.15) is 0 Å². The van der Waals surface area contributed by atoms with Gasteiger partial charge in [-0.25, -0.2) is 28.4 Å². The molecule has 1 fully saturated rings. The zero-order valence-corrected chi connectivity index (χ0v) is 13.7. The third-order valence-electron chi connectivity index (χ3n) is 4.49. The molecule has 0 radical (unpaired) electrons. The van der Waals surface area contributed by atoms with E-state index in [4.69, 9.17) is 0 Å². The fourth-order valence-electron chi connectivity index (χ4n) is 3.16. The predicted molar refractivity (Wildman–Crippen MR) is 90.6 cm³/mol. The van der Waals surface area contributed by atoms with E-state index >= 15 is 0 Å². The van der Waals surface area contributed by atoms with Gasteiger partial charge in [0.2, 0.25) is 5.91 Å². The van der Waals surface area contributed by atoms with Crippen molar-refractivity contribution in [3.63, 3.8) is 0 Å². The summed E-state index contributed by atoms with van der Waals surface area (Å²) in [4.78, 5) is 15.2. The molecule has 0 spiro atoms. The highest BCUT2D eigenvalue weighted by Crippen LogP contribution is 2.27. The third-order valence-corrected chi connectivity index (χ3v) is 4.49. The number of hydrogen-bond donors (Lipinski definition) is 4. The molecule has 5 nitrogen and oxygen atoms in total. The lowest BCUT2D eigenvalue weighted by molar-refractivity contribution is -0.117. The molecular weight excluding hydrogens is 364 g/mol. The Kier molecular flexibility index (Phi) is 4.33. The highest BCUT2D eigenvalue weighted by molar-refractivity contribution is 6.03. The van der Waals surface area contributed by atoms with Crippen LogP contribution in [-0.2, 0) is 4.79 Å². The number of carbonyl (C=O) groups excluding carboxylic acids is 1. The molecule has 0 aliphatic carbocycles. The minimum Gasteiger partial charge on any atom is -0.359 e. The van der Waals surface area contributed by atoms with Gasteiger partial charge in [0.25, 0.3) is 0 Å². The van der Waals surface area contributed by atoms with Crippen molar-refractivity contribution in [3.05, 3.63) is 65.4 Å². The van der Waals surface area contributed by atoms with Crippen molar-refractivity contribution in [1.29, 1.82) is 0 Å². The summed E-state index contributed by atoms with van der Waals surface area (Å²) in [7, 11) is 0. The van der Waals surface area contributed by atoms with Crippen LogP contribution in [0.2, 0.25) is 0 Å². The van der Waals surface area contributed by atoms with Gasteiger partial charge >= 0.3 is 0 Å². The van der Waals surface area contributed by atoms with E-state index in [1.165, 1.54) is 18.3 Å². The fourth-order valence-corrected chi connectivity index (χ4v) is 3.16. The number of benzene rings is 2. The van der Waals surface area contributed by atoms with Crippen molar-refractivity contribution in [2.45, 2.75) is 18.5 Å². The summed E-state index contributed by atoms with van der Waals surface area (Å²) >= 11 is 0. The molecule has 1 amide bonds. The van der Waals surface area contributed by atoms with Gasteiger partial charge in [0.15, 0.2) is 11.6 Å². The molecule has 27 heavy (non-hydrogen) atoms. The van der Waals surface area contributed by atoms with E-state index in [0.717, 1.165) is 18.2 Å². The molecule has 1 aliphatic heterocycles. The number of amides is 1. The molecule has 2 heterocycles. The Labute approximate surface area is 150 Å². The zero-order valence-electron chi connectivity index (χ0n) is 13.7. The lowest BCUT2D eigenvalue weighted by Crippen LogP contribution is -2.39. The molecular formula is C18H14F4N4O. The number of aromatic nitrogens is 1. The first-order chi connectivity index (χ1) is 12.9. The van der Waals surface area contributed by atoms with E-state index in [2.05, 4.69) is 21.2 Å². The highest BCUT2D eigenvalue weighted by Gasteiger charge is 2.31. The predicted octanol–water partition coefficient (Wildman–Crippen LogP) is 3.27. The number of nitrogens with one attached hydrogen (secondary N) is 4. The maximum atomic E-state index is 13.5. The van der Waals surface area contributed by atoms with Gasteiger partial charge in [-0.15, -0.1) is 0 Å². The highest BCUT2D eigenvalue weighted by atomic mass is 19.2. The van der Waals surface area contributed by atoms with Crippen LogP contribution in [-0.4, -0.2) is 16.9 Å². The first-order valence-corrected chi connectivity index (χ1v) is 8.15. The zero-order chi connectivity index (χ0) is 19.1. The first-order valence-electron chi connectivity index (χ1n) is 8.15. The van der Waals surface area contributed by atoms with E-state index in [-0.39, 0.29) is 6.42 Å². The Morgan fingerprint density at radius 2 is 1.67 bits per heavy atom. The van der Waals surface area contributed by atoms with Crippen molar-refractivity contribution in [3.8, 4) is 0 Å². The van der Waals surface area contributed by atoms with Crippen LogP contribution in [0.1, 0.15) is 18.0 Å². The number of halogens is 4. The Bertz CT molecular complexity index is 1020. The van der Waals surface area contributed by atoms with E-state index in [0.29, 0.717) is 22.2 Å². The molecule has 2 unspecified atom stereocenters. The maximum absolute atomic E-state index is 13.5. The largest absolute Gasteiger partial charge is 0.359 e. The van der Waals surface area contributed by atoms with Crippen LogP contribution >= 0.6 is 0 Å². The summed E-state index contributed by atoms with van der Waals surface area (Å²) in [5, 5.41) is 2.97. The number of rotatable bonds is 3. The molecule has 4 N–H and O–H groups in total. The van der Waals surface area contributed by atoms with Gasteiger partial charge in [-0.05, 0) is 30.2 Å². The van der Waals surface area contributed by atoms with Gasteiger partial charge in [-0.1, -0.05) is 0 Å². The van der Waals surface area contributed by atoms with Crippen LogP contribution in [0, 0.1) is 23.3 Å².